The molecule has 0 spiro atoms. The summed E-state index contributed by atoms with van der Waals surface area (Å²) in [5.74, 6) is 3.29. The highest BCUT2D eigenvalue weighted by Gasteiger charge is 2.18. The van der Waals surface area contributed by atoms with E-state index >= 15 is 0 Å². The second-order valence-corrected chi connectivity index (χ2v) is 3.67. The highest BCUT2D eigenvalue weighted by atomic mass is 15.0. The van der Waals surface area contributed by atoms with Crippen LogP contribution in [0.2, 0.25) is 0 Å². The van der Waals surface area contributed by atoms with Crippen molar-refractivity contribution >= 4 is 0 Å². The van der Waals surface area contributed by atoms with Crippen molar-refractivity contribution in [2.75, 3.05) is 13.1 Å². The van der Waals surface area contributed by atoms with Gasteiger partial charge in [0.1, 0.15) is 0 Å². The van der Waals surface area contributed by atoms with Gasteiger partial charge in [-0.2, -0.15) is 0 Å². The number of terminal acetylenes is 1. The van der Waals surface area contributed by atoms with Gasteiger partial charge in [0.15, 0.2) is 0 Å². The molecule has 1 aromatic heterocycles. The van der Waals surface area contributed by atoms with E-state index in [1.807, 2.05) is 12.5 Å². The maximum Gasteiger partial charge on any atom is 0.0956 e. The molecule has 74 valence electrons. The second-order valence-electron chi connectivity index (χ2n) is 3.67. The van der Waals surface area contributed by atoms with Gasteiger partial charge in [-0.3, -0.25) is 0 Å². The van der Waals surface area contributed by atoms with Crippen LogP contribution < -0.4 is 5.32 Å². The lowest BCUT2D eigenvalue weighted by atomic mass is 9.95. The van der Waals surface area contributed by atoms with Gasteiger partial charge in [-0.25, -0.2) is 4.98 Å². The number of aromatic nitrogens is 2. The Morgan fingerprint density at radius 1 is 1.57 bits per heavy atom. The van der Waals surface area contributed by atoms with Gasteiger partial charge < -0.3 is 9.88 Å². The van der Waals surface area contributed by atoms with Gasteiger partial charge in [0.05, 0.1) is 12.9 Å². The summed E-state index contributed by atoms with van der Waals surface area (Å²) in [6, 6.07) is 0. The van der Waals surface area contributed by atoms with Crippen LogP contribution in [0.15, 0.2) is 12.5 Å². The van der Waals surface area contributed by atoms with Crippen LogP contribution in [0, 0.1) is 12.3 Å². The highest BCUT2D eigenvalue weighted by molar-refractivity contribution is 5.09. The summed E-state index contributed by atoms with van der Waals surface area (Å²) in [5, 5.41) is 3.36. The molecule has 2 rings (SSSR count). The normalized spacial score (nSPS) is 17.9. The van der Waals surface area contributed by atoms with Crippen LogP contribution in [-0.2, 0) is 6.54 Å². The number of hydrogen-bond donors (Lipinski definition) is 1. The average Bonchev–Trinajstić information content (AvgIpc) is 2.68. The molecule has 0 aromatic carbocycles. The van der Waals surface area contributed by atoms with Crippen molar-refractivity contribution in [1.82, 2.24) is 14.9 Å². The molecule has 1 fully saturated rings. The first-order valence-corrected chi connectivity index (χ1v) is 5.06. The lowest BCUT2D eigenvalue weighted by Gasteiger charge is -2.23. The monoisotopic (exact) mass is 189 g/mol. The third-order valence-electron chi connectivity index (χ3n) is 2.76. The van der Waals surface area contributed by atoms with Gasteiger partial charge in [0, 0.05) is 17.8 Å². The molecular weight excluding hydrogens is 174 g/mol. The molecule has 0 aliphatic carbocycles. The fourth-order valence-electron chi connectivity index (χ4n) is 2.02. The summed E-state index contributed by atoms with van der Waals surface area (Å²) < 4.78 is 2.08. The average molecular weight is 189 g/mol. The number of piperidine rings is 1. The maximum absolute atomic E-state index is 5.31. The van der Waals surface area contributed by atoms with Crippen molar-refractivity contribution in [1.29, 1.82) is 0 Å². The van der Waals surface area contributed by atoms with Gasteiger partial charge >= 0.3 is 0 Å². The predicted octanol–water partition coefficient (Wildman–Crippen LogP) is 0.983. The topological polar surface area (TPSA) is 29.9 Å². The zero-order valence-corrected chi connectivity index (χ0v) is 8.24. The SMILES string of the molecule is C#CCn1cncc1C1CCNCC1. The minimum Gasteiger partial charge on any atom is -0.323 e. The summed E-state index contributed by atoms with van der Waals surface area (Å²) in [4.78, 5) is 4.16. The largest absolute Gasteiger partial charge is 0.323 e. The number of rotatable bonds is 2. The Kier molecular flexibility index (Phi) is 2.85. The van der Waals surface area contributed by atoms with Gasteiger partial charge in [0.25, 0.3) is 0 Å². The zero-order chi connectivity index (χ0) is 9.80. The summed E-state index contributed by atoms with van der Waals surface area (Å²) in [7, 11) is 0. The van der Waals surface area contributed by atoms with E-state index < -0.39 is 0 Å². The molecule has 3 nitrogen and oxygen atoms in total. The minimum atomic E-state index is 0.632. The summed E-state index contributed by atoms with van der Waals surface area (Å²) >= 11 is 0. The molecular formula is C11H15N3. The van der Waals surface area contributed by atoms with Crippen LogP contribution >= 0.6 is 0 Å². The molecule has 3 heteroatoms. The molecule has 0 radical (unpaired) electrons. The van der Waals surface area contributed by atoms with E-state index in [4.69, 9.17) is 6.42 Å². The molecule has 0 atom stereocenters. The predicted molar refractivity (Wildman–Crippen MR) is 55.9 cm³/mol. The van der Waals surface area contributed by atoms with E-state index in [0.717, 1.165) is 13.1 Å². The molecule has 0 saturated carbocycles. The van der Waals surface area contributed by atoms with Crippen LogP contribution in [-0.4, -0.2) is 22.6 Å². The first-order chi connectivity index (χ1) is 6.92. The number of hydrogen-bond acceptors (Lipinski definition) is 2. The quantitative estimate of drug-likeness (QED) is 0.703. The molecule has 0 unspecified atom stereocenters. The van der Waals surface area contributed by atoms with Crippen LogP contribution in [0.4, 0.5) is 0 Å². The Bertz CT molecular complexity index is 329. The highest BCUT2D eigenvalue weighted by Crippen LogP contribution is 2.24. The van der Waals surface area contributed by atoms with Gasteiger partial charge in [-0.1, -0.05) is 5.92 Å². The summed E-state index contributed by atoms with van der Waals surface area (Å²) in [6.45, 7) is 2.84. The Labute approximate surface area is 84.5 Å². The molecule has 0 amide bonds. The summed E-state index contributed by atoms with van der Waals surface area (Å²) in [5.41, 5.74) is 1.30. The fraction of sp³-hybridized carbons (Fsp3) is 0.545. The number of nitrogens with one attached hydrogen (secondary N) is 1. The first kappa shape index (κ1) is 9.29. The molecule has 1 saturated heterocycles. The van der Waals surface area contributed by atoms with E-state index in [9.17, 15) is 0 Å². The van der Waals surface area contributed by atoms with E-state index in [1.54, 1.807) is 0 Å². The van der Waals surface area contributed by atoms with Gasteiger partial charge in [-0.15, -0.1) is 6.42 Å². The van der Waals surface area contributed by atoms with Crippen molar-refractivity contribution in [2.24, 2.45) is 0 Å². The van der Waals surface area contributed by atoms with E-state index in [2.05, 4.69) is 20.8 Å². The smallest absolute Gasteiger partial charge is 0.0956 e. The van der Waals surface area contributed by atoms with Crippen LogP contribution in [0.1, 0.15) is 24.5 Å². The van der Waals surface area contributed by atoms with Crippen LogP contribution in [0.25, 0.3) is 0 Å². The molecule has 1 N–H and O–H groups in total. The van der Waals surface area contributed by atoms with Gasteiger partial charge in [0.2, 0.25) is 0 Å². The second kappa shape index (κ2) is 4.30. The lowest BCUT2D eigenvalue weighted by molar-refractivity contribution is 0.443. The minimum absolute atomic E-state index is 0.632. The van der Waals surface area contributed by atoms with Crippen molar-refractivity contribution < 1.29 is 0 Å². The van der Waals surface area contributed by atoms with E-state index in [0.29, 0.717) is 12.5 Å². The maximum atomic E-state index is 5.31. The Morgan fingerprint density at radius 3 is 3.07 bits per heavy atom. The fourth-order valence-corrected chi connectivity index (χ4v) is 2.02. The first-order valence-electron chi connectivity index (χ1n) is 5.06. The van der Waals surface area contributed by atoms with Crippen molar-refractivity contribution in [2.45, 2.75) is 25.3 Å². The number of nitrogens with zero attached hydrogens (tertiary/aromatic N) is 2. The van der Waals surface area contributed by atoms with Crippen molar-refractivity contribution in [3.63, 3.8) is 0 Å². The Morgan fingerprint density at radius 2 is 2.36 bits per heavy atom. The molecule has 2 heterocycles. The number of imidazole rings is 1. The van der Waals surface area contributed by atoms with Crippen molar-refractivity contribution in [3.05, 3.63) is 18.2 Å². The Hall–Kier alpha value is -1.27. The Balaban J connectivity index is 2.13. The molecule has 1 aliphatic rings. The molecule has 14 heavy (non-hydrogen) atoms. The molecule has 1 aliphatic heterocycles. The van der Waals surface area contributed by atoms with Gasteiger partial charge in [-0.05, 0) is 25.9 Å². The summed E-state index contributed by atoms with van der Waals surface area (Å²) in [6.07, 6.45) is 11.5. The lowest BCUT2D eigenvalue weighted by Crippen LogP contribution is -2.27. The van der Waals surface area contributed by atoms with E-state index in [-0.39, 0.29) is 0 Å². The standard InChI is InChI=1S/C11H15N3/c1-2-7-14-9-13-8-11(14)10-3-5-12-6-4-10/h1,8-10,12H,3-7H2. The zero-order valence-electron chi connectivity index (χ0n) is 8.24. The van der Waals surface area contributed by atoms with E-state index in [1.165, 1.54) is 18.5 Å². The third-order valence-corrected chi connectivity index (χ3v) is 2.76. The molecule has 0 bridgehead atoms. The van der Waals surface area contributed by atoms with Crippen molar-refractivity contribution in [3.8, 4) is 12.3 Å². The molecule has 1 aromatic rings. The van der Waals surface area contributed by atoms with Crippen LogP contribution in [0.3, 0.4) is 0 Å². The van der Waals surface area contributed by atoms with Crippen LogP contribution in [0.5, 0.6) is 0 Å². The third kappa shape index (κ3) is 1.80.